The number of para-hydroxylation sites is 1. The van der Waals surface area contributed by atoms with Crippen LogP contribution in [0, 0.1) is 0 Å². The Balaban J connectivity index is 1.81. The first kappa shape index (κ1) is 18.5. The largest absolute Gasteiger partial charge is 0.478 e. The van der Waals surface area contributed by atoms with Crippen LogP contribution in [0.2, 0.25) is 0 Å². The molecule has 0 aliphatic rings. The number of carboxylic acid groups (broad SMARTS) is 1. The average Bonchev–Trinajstić information content (AvgIpc) is 2.74. The third-order valence-corrected chi connectivity index (χ3v) is 4.98. The molecule has 0 amide bonds. The van der Waals surface area contributed by atoms with E-state index in [1.54, 1.807) is 40.9 Å². The average molecular weight is 384 g/mol. The Kier molecular flexibility index (Phi) is 4.87. The van der Waals surface area contributed by atoms with Crippen LogP contribution in [0.5, 0.6) is 0 Å². The number of nitrogens with one attached hydrogen (secondary N) is 1. The van der Waals surface area contributed by atoms with E-state index < -0.39 is 5.97 Å². The highest BCUT2D eigenvalue weighted by atomic mass is 16.4. The van der Waals surface area contributed by atoms with Gasteiger partial charge in [0.2, 0.25) is 0 Å². The first-order valence-corrected chi connectivity index (χ1v) is 9.34. The molecule has 0 radical (unpaired) electrons. The number of aromatic carboxylic acids is 1. The molecule has 5 heteroatoms. The van der Waals surface area contributed by atoms with Crippen molar-refractivity contribution in [1.29, 1.82) is 0 Å². The van der Waals surface area contributed by atoms with Crippen LogP contribution in [-0.4, -0.2) is 15.5 Å². The van der Waals surface area contributed by atoms with E-state index in [1.165, 1.54) is 0 Å². The van der Waals surface area contributed by atoms with Crippen LogP contribution in [0.15, 0.2) is 89.9 Å². The number of aromatic nitrogens is 1. The van der Waals surface area contributed by atoms with Gasteiger partial charge in [0.05, 0.1) is 17.1 Å². The molecule has 0 aliphatic heterocycles. The zero-order valence-electron chi connectivity index (χ0n) is 15.9. The molecule has 0 fully saturated rings. The monoisotopic (exact) mass is 384 g/mol. The third kappa shape index (κ3) is 3.62. The summed E-state index contributed by atoms with van der Waals surface area (Å²) >= 11 is 0. The molecule has 0 aliphatic carbocycles. The number of hydrogen-bond donors (Lipinski definition) is 2. The van der Waals surface area contributed by atoms with Gasteiger partial charge < -0.3 is 10.4 Å². The lowest BCUT2D eigenvalue weighted by Gasteiger charge is -2.19. The van der Waals surface area contributed by atoms with Crippen LogP contribution in [0.25, 0.3) is 16.6 Å². The molecular weight excluding hydrogens is 364 g/mol. The van der Waals surface area contributed by atoms with Crippen LogP contribution >= 0.6 is 0 Å². The predicted molar refractivity (Wildman–Crippen MR) is 115 cm³/mol. The summed E-state index contributed by atoms with van der Waals surface area (Å²) in [6.45, 7) is 1.95. The molecule has 29 heavy (non-hydrogen) atoms. The quantitative estimate of drug-likeness (QED) is 0.517. The molecule has 0 saturated heterocycles. The number of rotatable bonds is 5. The number of hydrogen-bond acceptors (Lipinski definition) is 3. The molecule has 4 aromatic rings. The molecule has 1 atom stereocenters. The number of fused-ring (bicyclic) bond motifs is 1. The smallest absolute Gasteiger partial charge is 0.337 e. The van der Waals surface area contributed by atoms with Gasteiger partial charge in [-0.1, -0.05) is 48.5 Å². The van der Waals surface area contributed by atoms with Gasteiger partial charge in [-0.15, -0.1) is 0 Å². The van der Waals surface area contributed by atoms with Crippen molar-refractivity contribution >= 4 is 17.2 Å². The maximum atomic E-state index is 12.7. The minimum atomic E-state index is -0.985. The first-order valence-electron chi connectivity index (χ1n) is 9.34. The number of benzene rings is 2. The summed E-state index contributed by atoms with van der Waals surface area (Å²) in [6.07, 6.45) is 1.74. The van der Waals surface area contributed by atoms with Crippen molar-refractivity contribution in [1.82, 2.24) is 4.40 Å². The van der Waals surface area contributed by atoms with Crippen LogP contribution < -0.4 is 10.9 Å². The van der Waals surface area contributed by atoms with Crippen molar-refractivity contribution in [3.8, 4) is 11.1 Å². The van der Waals surface area contributed by atoms with Gasteiger partial charge in [0, 0.05) is 18.0 Å². The zero-order valence-corrected chi connectivity index (χ0v) is 15.9. The van der Waals surface area contributed by atoms with Gasteiger partial charge in [0.25, 0.3) is 5.56 Å². The second-order valence-corrected chi connectivity index (χ2v) is 6.88. The van der Waals surface area contributed by atoms with Crippen LogP contribution in [0.1, 0.15) is 28.9 Å². The lowest BCUT2D eigenvalue weighted by Crippen LogP contribution is -2.16. The van der Waals surface area contributed by atoms with Crippen molar-refractivity contribution in [2.24, 2.45) is 0 Å². The van der Waals surface area contributed by atoms with E-state index in [9.17, 15) is 14.7 Å². The van der Waals surface area contributed by atoms with Crippen molar-refractivity contribution in [2.45, 2.75) is 13.0 Å². The normalized spacial score (nSPS) is 11.9. The maximum absolute atomic E-state index is 12.7. The summed E-state index contributed by atoms with van der Waals surface area (Å²) in [5, 5.41) is 12.7. The molecule has 144 valence electrons. The van der Waals surface area contributed by atoms with Crippen LogP contribution in [-0.2, 0) is 0 Å². The molecular formula is C24H20N2O3. The van der Waals surface area contributed by atoms with Crippen LogP contribution in [0.3, 0.4) is 0 Å². The SMILES string of the molecule is CC(Nc1ccccc1C(=O)O)c1cccn2c(=O)cc(-c3ccccc3)cc12. The highest BCUT2D eigenvalue weighted by molar-refractivity contribution is 5.94. The summed E-state index contributed by atoms with van der Waals surface area (Å²) < 4.78 is 1.61. The lowest BCUT2D eigenvalue weighted by molar-refractivity contribution is 0.0698. The van der Waals surface area contributed by atoms with Crippen molar-refractivity contribution in [2.75, 3.05) is 5.32 Å². The summed E-state index contributed by atoms with van der Waals surface area (Å²) in [5.74, 6) is -0.985. The van der Waals surface area contributed by atoms with Crippen molar-refractivity contribution in [3.05, 3.63) is 107 Å². The molecule has 2 aromatic carbocycles. The van der Waals surface area contributed by atoms with E-state index in [2.05, 4.69) is 5.32 Å². The number of carboxylic acids is 1. The Labute approximate surface area is 167 Å². The van der Waals surface area contributed by atoms with Gasteiger partial charge >= 0.3 is 5.97 Å². The second-order valence-electron chi connectivity index (χ2n) is 6.88. The maximum Gasteiger partial charge on any atom is 0.337 e. The Hall–Kier alpha value is -3.86. The van der Waals surface area contributed by atoms with E-state index in [1.807, 2.05) is 55.5 Å². The molecule has 0 saturated carbocycles. The highest BCUT2D eigenvalue weighted by Gasteiger charge is 2.15. The minimum Gasteiger partial charge on any atom is -0.478 e. The molecule has 1 unspecified atom stereocenters. The Morgan fingerprint density at radius 1 is 0.931 bits per heavy atom. The van der Waals surface area contributed by atoms with Gasteiger partial charge in [-0.2, -0.15) is 0 Å². The third-order valence-electron chi connectivity index (χ3n) is 4.98. The van der Waals surface area contributed by atoms with Gasteiger partial charge in [0.15, 0.2) is 0 Å². The Bertz CT molecular complexity index is 1250. The van der Waals surface area contributed by atoms with Gasteiger partial charge in [-0.3, -0.25) is 9.20 Å². The molecule has 2 heterocycles. The number of pyridine rings is 2. The molecule has 5 nitrogen and oxygen atoms in total. The Morgan fingerprint density at radius 3 is 2.41 bits per heavy atom. The van der Waals surface area contributed by atoms with E-state index >= 15 is 0 Å². The molecule has 4 rings (SSSR count). The zero-order chi connectivity index (χ0) is 20.4. The molecule has 0 bridgehead atoms. The summed E-state index contributed by atoms with van der Waals surface area (Å²) in [6, 6.07) is 23.8. The molecule has 2 aromatic heterocycles. The lowest BCUT2D eigenvalue weighted by atomic mass is 10.0. The number of carbonyl (C=O) groups is 1. The van der Waals surface area contributed by atoms with Crippen molar-refractivity contribution in [3.63, 3.8) is 0 Å². The van der Waals surface area contributed by atoms with E-state index in [-0.39, 0.29) is 17.2 Å². The summed E-state index contributed by atoms with van der Waals surface area (Å²) in [7, 11) is 0. The first-order chi connectivity index (χ1) is 14.0. The fourth-order valence-corrected chi connectivity index (χ4v) is 3.54. The standard InChI is InChI=1S/C24H20N2O3/c1-16(25-21-12-6-5-10-20(21)24(28)29)19-11-7-13-26-22(19)14-18(15-23(26)27)17-8-3-2-4-9-17/h2-16,25H,1H3,(H,28,29). The van der Waals surface area contributed by atoms with Gasteiger partial charge in [-0.05, 0) is 47.9 Å². The fraction of sp³-hybridized carbons (Fsp3) is 0.0833. The fourth-order valence-electron chi connectivity index (χ4n) is 3.54. The second kappa shape index (κ2) is 7.64. The van der Waals surface area contributed by atoms with Crippen molar-refractivity contribution < 1.29 is 9.90 Å². The summed E-state index contributed by atoms with van der Waals surface area (Å²) in [5.41, 5.74) is 4.15. The van der Waals surface area contributed by atoms with E-state index in [4.69, 9.17) is 0 Å². The highest BCUT2D eigenvalue weighted by Crippen LogP contribution is 2.27. The number of nitrogens with zero attached hydrogens (tertiary/aromatic N) is 1. The topological polar surface area (TPSA) is 70.8 Å². The number of anilines is 1. The molecule has 0 spiro atoms. The minimum absolute atomic E-state index is 0.110. The van der Waals surface area contributed by atoms with Gasteiger partial charge in [0.1, 0.15) is 0 Å². The van der Waals surface area contributed by atoms with E-state index in [0.717, 1.165) is 22.2 Å². The van der Waals surface area contributed by atoms with E-state index in [0.29, 0.717) is 5.69 Å². The predicted octanol–water partition coefficient (Wildman–Crippen LogP) is 4.84. The van der Waals surface area contributed by atoms with Gasteiger partial charge in [-0.25, -0.2) is 4.79 Å². The summed E-state index contributed by atoms with van der Waals surface area (Å²) in [4.78, 5) is 24.2. The Morgan fingerprint density at radius 2 is 1.66 bits per heavy atom. The van der Waals surface area contributed by atoms with Crippen LogP contribution in [0.4, 0.5) is 5.69 Å². The molecule has 2 N–H and O–H groups in total.